The number of hydrogen-bond acceptors (Lipinski definition) is 2. The normalized spacial score (nSPS) is 10.1. The van der Waals surface area contributed by atoms with Crippen LogP contribution in [0.4, 0.5) is 0 Å². The van der Waals surface area contributed by atoms with Gasteiger partial charge in [0.25, 0.3) is 0 Å². The largest absolute Gasteiger partial charge is 0.289 e. The number of carbonyl (C=O) groups excluding carboxylic acids is 2. The third-order valence-electron chi connectivity index (χ3n) is 2.97. The second kappa shape index (κ2) is 4.96. The van der Waals surface area contributed by atoms with Gasteiger partial charge in [0.05, 0.1) is 0 Å². The first-order chi connectivity index (χ1) is 8.63. The van der Waals surface area contributed by atoms with Crippen LogP contribution in [0.15, 0.2) is 42.5 Å². The summed E-state index contributed by atoms with van der Waals surface area (Å²) >= 11 is 0. The van der Waals surface area contributed by atoms with Gasteiger partial charge < -0.3 is 0 Å². The van der Waals surface area contributed by atoms with E-state index in [1.807, 2.05) is 31.4 Å². The van der Waals surface area contributed by atoms with E-state index in [1.54, 1.807) is 31.2 Å². The smallest absolute Gasteiger partial charge is 0.233 e. The highest BCUT2D eigenvalue weighted by molar-refractivity contribution is 6.10. The van der Waals surface area contributed by atoms with E-state index < -0.39 is 0 Å². The third-order valence-corrected chi connectivity index (χ3v) is 2.97. The van der Waals surface area contributed by atoms with Crippen LogP contribution in [0.2, 0.25) is 0 Å². The van der Waals surface area contributed by atoms with Crippen LogP contribution in [0, 0.1) is 13.8 Å². The minimum atomic E-state index is -0.0618. The van der Waals surface area contributed by atoms with E-state index in [1.165, 1.54) is 0 Å². The minimum absolute atomic E-state index is 0.0618. The van der Waals surface area contributed by atoms with Gasteiger partial charge in [0.2, 0.25) is 6.29 Å². The first kappa shape index (κ1) is 12.2. The molecule has 0 spiro atoms. The molecule has 0 bridgehead atoms. The minimum Gasteiger partial charge on any atom is -0.289 e. The van der Waals surface area contributed by atoms with Crippen molar-refractivity contribution in [2.75, 3.05) is 0 Å². The maximum atomic E-state index is 12.4. The Morgan fingerprint density at radius 1 is 1.06 bits per heavy atom. The van der Waals surface area contributed by atoms with Crippen molar-refractivity contribution in [2.24, 2.45) is 0 Å². The van der Waals surface area contributed by atoms with Gasteiger partial charge >= 0.3 is 0 Å². The molecule has 0 aliphatic heterocycles. The average Bonchev–Trinajstić information content (AvgIpc) is 2.38. The SMILES string of the molecule is Cc1cccc(C(=O)c2cccc([C]=O)c2C)c1. The molecule has 89 valence electrons. The lowest BCUT2D eigenvalue weighted by Crippen LogP contribution is -2.05. The van der Waals surface area contributed by atoms with Crippen LogP contribution < -0.4 is 0 Å². The van der Waals surface area contributed by atoms with Crippen molar-refractivity contribution in [3.8, 4) is 0 Å². The van der Waals surface area contributed by atoms with Crippen LogP contribution >= 0.6 is 0 Å². The molecule has 1 radical (unpaired) electrons. The van der Waals surface area contributed by atoms with E-state index in [-0.39, 0.29) is 5.78 Å². The summed E-state index contributed by atoms with van der Waals surface area (Å²) in [6, 6.07) is 12.5. The number of rotatable bonds is 3. The lowest BCUT2D eigenvalue weighted by atomic mass is 9.95. The van der Waals surface area contributed by atoms with Gasteiger partial charge in [-0.2, -0.15) is 0 Å². The zero-order chi connectivity index (χ0) is 13.1. The number of aryl methyl sites for hydroxylation is 1. The van der Waals surface area contributed by atoms with Gasteiger partial charge in [-0.15, -0.1) is 0 Å². The van der Waals surface area contributed by atoms with Crippen molar-refractivity contribution >= 4 is 12.1 Å². The highest BCUT2D eigenvalue weighted by Crippen LogP contribution is 2.17. The molecule has 2 rings (SSSR count). The molecule has 0 saturated heterocycles. The molecule has 2 nitrogen and oxygen atoms in total. The fourth-order valence-corrected chi connectivity index (χ4v) is 1.93. The Morgan fingerprint density at radius 2 is 1.78 bits per heavy atom. The van der Waals surface area contributed by atoms with Gasteiger partial charge in [-0.1, -0.05) is 42.0 Å². The number of benzene rings is 2. The Balaban J connectivity index is 2.50. The number of ketones is 1. The van der Waals surface area contributed by atoms with Crippen LogP contribution in [0.3, 0.4) is 0 Å². The standard InChI is InChI=1S/C16H13O2/c1-11-5-3-6-13(9-11)16(18)15-8-4-7-14(10-17)12(15)2/h3-9H,1-2H3. The summed E-state index contributed by atoms with van der Waals surface area (Å²) in [6.07, 6.45) is 1.85. The molecule has 0 amide bonds. The van der Waals surface area contributed by atoms with Gasteiger partial charge in [-0.25, -0.2) is 0 Å². The van der Waals surface area contributed by atoms with E-state index in [9.17, 15) is 9.59 Å². The van der Waals surface area contributed by atoms with E-state index in [0.29, 0.717) is 22.3 Å². The molecule has 0 aliphatic carbocycles. The van der Waals surface area contributed by atoms with Crippen molar-refractivity contribution < 1.29 is 9.59 Å². The molecule has 0 N–H and O–H groups in total. The van der Waals surface area contributed by atoms with Crippen molar-refractivity contribution in [2.45, 2.75) is 13.8 Å². The first-order valence-electron chi connectivity index (χ1n) is 5.72. The van der Waals surface area contributed by atoms with Crippen LogP contribution in [0.5, 0.6) is 0 Å². The van der Waals surface area contributed by atoms with Gasteiger partial charge in [0, 0.05) is 16.7 Å². The molecular weight excluding hydrogens is 224 g/mol. The molecule has 2 heteroatoms. The second-order valence-electron chi connectivity index (χ2n) is 4.28. The van der Waals surface area contributed by atoms with Crippen molar-refractivity contribution in [3.63, 3.8) is 0 Å². The fraction of sp³-hybridized carbons (Fsp3) is 0.125. The van der Waals surface area contributed by atoms with Gasteiger partial charge in [0.15, 0.2) is 5.78 Å². The highest BCUT2D eigenvalue weighted by Gasteiger charge is 2.13. The van der Waals surface area contributed by atoms with Gasteiger partial charge in [0.1, 0.15) is 0 Å². The highest BCUT2D eigenvalue weighted by atomic mass is 16.1. The summed E-state index contributed by atoms with van der Waals surface area (Å²) < 4.78 is 0. The van der Waals surface area contributed by atoms with E-state index in [4.69, 9.17) is 0 Å². The molecule has 0 saturated carbocycles. The predicted molar refractivity (Wildman–Crippen MR) is 70.6 cm³/mol. The summed E-state index contributed by atoms with van der Waals surface area (Å²) in [5.41, 5.74) is 3.35. The summed E-state index contributed by atoms with van der Waals surface area (Å²) in [6.45, 7) is 3.71. The molecule has 0 atom stereocenters. The average molecular weight is 237 g/mol. The zero-order valence-corrected chi connectivity index (χ0v) is 10.4. The van der Waals surface area contributed by atoms with Crippen LogP contribution in [0.1, 0.15) is 32.6 Å². The maximum absolute atomic E-state index is 12.4. The summed E-state index contributed by atoms with van der Waals surface area (Å²) in [5.74, 6) is -0.0618. The van der Waals surface area contributed by atoms with Gasteiger partial charge in [-0.05, 0) is 25.5 Å². The first-order valence-corrected chi connectivity index (χ1v) is 5.72. The second-order valence-corrected chi connectivity index (χ2v) is 4.28. The summed E-state index contributed by atoms with van der Waals surface area (Å²) in [7, 11) is 0. The summed E-state index contributed by atoms with van der Waals surface area (Å²) in [4.78, 5) is 23.1. The lowest BCUT2D eigenvalue weighted by Gasteiger charge is -2.07. The Morgan fingerprint density at radius 3 is 2.44 bits per heavy atom. The molecule has 0 unspecified atom stereocenters. The molecule has 0 fully saturated rings. The zero-order valence-electron chi connectivity index (χ0n) is 10.4. The molecule has 0 aromatic heterocycles. The van der Waals surface area contributed by atoms with Crippen molar-refractivity contribution in [1.82, 2.24) is 0 Å². The molecule has 0 heterocycles. The Labute approximate surface area is 106 Å². The van der Waals surface area contributed by atoms with Gasteiger partial charge in [-0.3, -0.25) is 9.59 Å². The summed E-state index contributed by atoms with van der Waals surface area (Å²) in [5, 5.41) is 0. The Hall–Kier alpha value is -2.22. The quantitative estimate of drug-likeness (QED) is 0.769. The van der Waals surface area contributed by atoms with Crippen molar-refractivity contribution in [3.05, 3.63) is 70.3 Å². The lowest BCUT2D eigenvalue weighted by molar-refractivity contribution is 0.103. The van der Waals surface area contributed by atoms with Crippen LogP contribution in [-0.2, 0) is 4.79 Å². The van der Waals surface area contributed by atoms with Crippen LogP contribution in [-0.4, -0.2) is 12.1 Å². The molecule has 2 aromatic rings. The van der Waals surface area contributed by atoms with Crippen molar-refractivity contribution in [1.29, 1.82) is 0 Å². The van der Waals surface area contributed by atoms with E-state index in [2.05, 4.69) is 0 Å². The molecular formula is C16H13O2. The fourth-order valence-electron chi connectivity index (χ4n) is 1.93. The van der Waals surface area contributed by atoms with E-state index >= 15 is 0 Å². The molecule has 0 aliphatic rings. The Kier molecular flexibility index (Phi) is 3.38. The van der Waals surface area contributed by atoms with E-state index in [0.717, 1.165) is 5.56 Å². The molecule has 2 aromatic carbocycles. The number of hydrogen-bond donors (Lipinski definition) is 0. The Bertz CT molecular complexity index is 612. The van der Waals surface area contributed by atoms with Crippen LogP contribution in [0.25, 0.3) is 0 Å². The monoisotopic (exact) mass is 237 g/mol. The number of carbonyl (C=O) groups is 1. The maximum Gasteiger partial charge on any atom is 0.233 e. The topological polar surface area (TPSA) is 34.1 Å². The molecule has 18 heavy (non-hydrogen) atoms. The third kappa shape index (κ3) is 2.23. The predicted octanol–water partition coefficient (Wildman–Crippen LogP) is 2.99.